The Labute approximate surface area is 104 Å². The van der Waals surface area contributed by atoms with Crippen molar-refractivity contribution in [1.29, 1.82) is 0 Å². The molecule has 0 aliphatic heterocycles. The Morgan fingerprint density at radius 1 is 1.47 bits per heavy atom. The van der Waals surface area contributed by atoms with Gasteiger partial charge in [0.05, 0.1) is 12.8 Å². The lowest BCUT2D eigenvalue weighted by Gasteiger charge is -2.15. The molecule has 0 radical (unpaired) electrons. The third-order valence-electron chi connectivity index (χ3n) is 3.30. The lowest BCUT2D eigenvalue weighted by atomic mass is 10.2. The number of rotatable bonds is 8. The van der Waals surface area contributed by atoms with Gasteiger partial charge in [-0.1, -0.05) is 13.3 Å². The summed E-state index contributed by atoms with van der Waals surface area (Å²) in [4.78, 5) is 2.34. The molecule has 1 aliphatic carbocycles. The summed E-state index contributed by atoms with van der Waals surface area (Å²) in [7, 11) is 2.16. The van der Waals surface area contributed by atoms with Gasteiger partial charge < -0.3 is 9.73 Å². The van der Waals surface area contributed by atoms with Crippen LogP contribution in [0.15, 0.2) is 16.7 Å². The number of nitrogens with zero attached hydrogens (tertiary/aromatic N) is 1. The smallest absolute Gasteiger partial charge is 0.122 e. The number of hydrogen-bond donors (Lipinski definition) is 1. The standard InChI is InChI=1S/C14H24N2O/c1-3-4-8-16(2)11-14-12(7-9-17-14)10-15-13-5-6-13/h7,9,13,15H,3-6,8,10-11H2,1-2H3. The summed E-state index contributed by atoms with van der Waals surface area (Å²) < 4.78 is 5.59. The van der Waals surface area contributed by atoms with E-state index in [2.05, 4.69) is 30.3 Å². The molecule has 0 bridgehead atoms. The minimum Gasteiger partial charge on any atom is -0.468 e. The van der Waals surface area contributed by atoms with Crippen molar-refractivity contribution >= 4 is 0 Å². The van der Waals surface area contributed by atoms with Crippen molar-refractivity contribution in [2.24, 2.45) is 0 Å². The molecule has 17 heavy (non-hydrogen) atoms. The third kappa shape index (κ3) is 4.17. The molecular weight excluding hydrogens is 212 g/mol. The van der Waals surface area contributed by atoms with Gasteiger partial charge in [-0.3, -0.25) is 4.90 Å². The summed E-state index contributed by atoms with van der Waals surface area (Å²) >= 11 is 0. The molecule has 0 unspecified atom stereocenters. The van der Waals surface area contributed by atoms with Crippen LogP contribution < -0.4 is 5.32 Å². The first-order valence-corrected chi connectivity index (χ1v) is 6.76. The highest BCUT2D eigenvalue weighted by molar-refractivity contribution is 5.17. The van der Waals surface area contributed by atoms with E-state index in [-0.39, 0.29) is 0 Å². The van der Waals surface area contributed by atoms with Crippen LogP contribution in [-0.4, -0.2) is 24.5 Å². The van der Waals surface area contributed by atoms with Gasteiger partial charge in [0.25, 0.3) is 0 Å². The molecule has 0 atom stereocenters. The monoisotopic (exact) mass is 236 g/mol. The molecule has 1 aliphatic rings. The second kappa shape index (κ2) is 6.22. The predicted molar refractivity (Wildman–Crippen MR) is 69.8 cm³/mol. The topological polar surface area (TPSA) is 28.4 Å². The summed E-state index contributed by atoms with van der Waals surface area (Å²) in [5.41, 5.74) is 1.32. The zero-order valence-electron chi connectivity index (χ0n) is 11.0. The molecule has 1 saturated carbocycles. The average Bonchev–Trinajstić information content (AvgIpc) is 3.05. The minimum absolute atomic E-state index is 0.760. The van der Waals surface area contributed by atoms with Crippen molar-refractivity contribution in [1.82, 2.24) is 10.2 Å². The van der Waals surface area contributed by atoms with Gasteiger partial charge in [0.2, 0.25) is 0 Å². The van der Waals surface area contributed by atoms with Gasteiger partial charge in [0.1, 0.15) is 5.76 Å². The molecule has 1 fully saturated rings. The number of hydrogen-bond acceptors (Lipinski definition) is 3. The first-order chi connectivity index (χ1) is 8.29. The highest BCUT2D eigenvalue weighted by Gasteiger charge is 2.21. The lowest BCUT2D eigenvalue weighted by molar-refractivity contribution is 0.288. The van der Waals surface area contributed by atoms with E-state index in [1.807, 2.05) is 6.26 Å². The fraction of sp³-hybridized carbons (Fsp3) is 0.714. The Bertz CT molecular complexity index is 331. The number of unbranched alkanes of at least 4 members (excludes halogenated alkanes) is 1. The predicted octanol–water partition coefficient (Wildman–Crippen LogP) is 2.76. The summed E-state index contributed by atoms with van der Waals surface area (Å²) in [6.07, 6.45) is 6.99. The molecule has 3 heteroatoms. The maximum atomic E-state index is 5.59. The molecule has 1 aromatic rings. The van der Waals surface area contributed by atoms with E-state index in [9.17, 15) is 0 Å². The van der Waals surface area contributed by atoms with Crippen LogP contribution >= 0.6 is 0 Å². The largest absolute Gasteiger partial charge is 0.468 e. The Balaban J connectivity index is 1.79. The highest BCUT2D eigenvalue weighted by atomic mass is 16.3. The average molecular weight is 236 g/mol. The zero-order valence-corrected chi connectivity index (χ0v) is 11.0. The zero-order chi connectivity index (χ0) is 12.1. The first kappa shape index (κ1) is 12.7. The SMILES string of the molecule is CCCCN(C)Cc1occc1CNC1CC1. The van der Waals surface area contributed by atoms with Gasteiger partial charge >= 0.3 is 0 Å². The maximum absolute atomic E-state index is 5.59. The van der Waals surface area contributed by atoms with Gasteiger partial charge in [0.15, 0.2) is 0 Å². The van der Waals surface area contributed by atoms with Crippen LogP contribution in [0.25, 0.3) is 0 Å². The fourth-order valence-corrected chi connectivity index (χ4v) is 1.96. The summed E-state index contributed by atoms with van der Waals surface area (Å²) in [6, 6.07) is 2.86. The molecule has 1 heterocycles. The normalized spacial score (nSPS) is 15.7. The van der Waals surface area contributed by atoms with Gasteiger partial charge in [0, 0.05) is 18.2 Å². The van der Waals surface area contributed by atoms with E-state index >= 15 is 0 Å². The number of nitrogens with one attached hydrogen (secondary N) is 1. The molecule has 2 rings (SSSR count). The van der Waals surface area contributed by atoms with Crippen LogP contribution in [0.3, 0.4) is 0 Å². The van der Waals surface area contributed by atoms with E-state index in [1.165, 1.54) is 31.2 Å². The number of furan rings is 1. The second-order valence-corrected chi connectivity index (χ2v) is 5.12. The molecule has 96 valence electrons. The van der Waals surface area contributed by atoms with Gasteiger partial charge in [-0.25, -0.2) is 0 Å². The van der Waals surface area contributed by atoms with Gasteiger partial charge in [-0.15, -0.1) is 0 Å². The molecule has 3 nitrogen and oxygen atoms in total. The van der Waals surface area contributed by atoms with E-state index in [1.54, 1.807) is 0 Å². The minimum atomic E-state index is 0.760. The Morgan fingerprint density at radius 2 is 2.29 bits per heavy atom. The van der Waals surface area contributed by atoms with Crippen LogP contribution in [0.4, 0.5) is 0 Å². The van der Waals surface area contributed by atoms with Crippen molar-refractivity contribution in [2.75, 3.05) is 13.6 Å². The van der Waals surface area contributed by atoms with Crippen LogP contribution in [-0.2, 0) is 13.1 Å². The van der Waals surface area contributed by atoms with Crippen LogP contribution in [0.1, 0.15) is 43.9 Å². The first-order valence-electron chi connectivity index (χ1n) is 6.76. The van der Waals surface area contributed by atoms with Crippen molar-refractivity contribution in [3.05, 3.63) is 23.7 Å². The molecule has 1 aromatic heterocycles. The van der Waals surface area contributed by atoms with E-state index in [0.717, 1.165) is 31.4 Å². The molecule has 0 saturated heterocycles. The third-order valence-corrected chi connectivity index (χ3v) is 3.30. The molecule has 1 N–H and O–H groups in total. The fourth-order valence-electron chi connectivity index (χ4n) is 1.96. The molecule has 0 amide bonds. The van der Waals surface area contributed by atoms with Crippen LogP contribution in [0, 0.1) is 0 Å². The van der Waals surface area contributed by atoms with Crippen LogP contribution in [0.5, 0.6) is 0 Å². The van der Waals surface area contributed by atoms with Crippen molar-refractivity contribution < 1.29 is 4.42 Å². The molecule has 0 aromatic carbocycles. The lowest BCUT2D eigenvalue weighted by Crippen LogP contribution is -2.21. The Hall–Kier alpha value is -0.800. The van der Waals surface area contributed by atoms with E-state index in [0.29, 0.717) is 0 Å². The van der Waals surface area contributed by atoms with Crippen LogP contribution in [0.2, 0.25) is 0 Å². The van der Waals surface area contributed by atoms with E-state index in [4.69, 9.17) is 4.42 Å². The summed E-state index contributed by atoms with van der Waals surface area (Å²) in [5, 5.41) is 3.54. The molecular formula is C14H24N2O. The van der Waals surface area contributed by atoms with Crippen molar-refractivity contribution in [3.8, 4) is 0 Å². The van der Waals surface area contributed by atoms with Crippen molar-refractivity contribution in [3.63, 3.8) is 0 Å². The van der Waals surface area contributed by atoms with Crippen molar-refractivity contribution in [2.45, 2.75) is 51.7 Å². The Kier molecular flexibility index (Phi) is 4.63. The second-order valence-electron chi connectivity index (χ2n) is 5.12. The van der Waals surface area contributed by atoms with E-state index < -0.39 is 0 Å². The quantitative estimate of drug-likeness (QED) is 0.752. The summed E-state index contributed by atoms with van der Waals surface area (Å²) in [6.45, 7) is 5.26. The van der Waals surface area contributed by atoms with Gasteiger partial charge in [-0.05, 0) is 38.9 Å². The highest BCUT2D eigenvalue weighted by Crippen LogP contribution is 2.20. The van der Waals surface area contributed by atoms with Gasteiger partial charge in [-0.2, -0.15) is 0 Å². The molecule has 0 spiro atoms. The maximum Gasteiger partial charge on any atom is 0.122 e. The Morgan fingerprint density at radius 3 is 3.00 bits per heavy atom. The summed E-state index contributed by atoms with van der Waals surface area (Å²) in [5.74, 6) is 1.12.